The summed E-state index contributed by atoms with van der Waals surface area (Å²) in [6, 6.07) is 5.45. The lowest BCUT2D eigenvalue weighted by molar-refractivity contribution is -0.137. The van der Waals surface area contributed by atoms with Gasteiger partial charge in [0.2, 0.25) is 5.91 Å². The first-order valence-electron chi connectivity index (χ1n) is 9.07. The van der Waals surface area contributed by atoms with E-state index in [2.05, 4.69) is 20.4 Å². The number of amides is 1. The second-order valence-electron chi connectivity index (χ2n) is 6.95. The van der Waals surface area contributed by atoms with Crippen LogP contribution in [0.25, 0.3) is 0 Å². The van der Waals surface area contributed by atoms with Gasteiger partial charge in [0.1, 0.15) is 6.61 Å². The summed E-state index contributed by atoms with van der Waals surface area (Å²) in [5.41, 5.74) is 1.45. The molecular formula is C19H23F3N4O2. The number of anilines is 1. The number of alkyl halides is 3. The molecule has 0 aliphatic carbocycles. The van der Waals surface area contributed by atoms with Gasteiger partial charge in [0, 0.05) is 26.1 Å². The molecule has 1 fully saturated rings. The number of halogens is 3. The number of hydrogen-bond donors (Lipinski definition) is 2. The molecular weight excluding hydrogens is 373 g/mol. The summed E-state index contributed by atoms with van der Waals surface area (Å²) in [5, 5.41) is 9.77. The fourth-order valence-corrected chi connectivity index (χ4v) is 3.56. The zero-order valence-corrected chi connectivity index (χ0v) is 15.6. The van der Waals surface area contributed by atoms with Crippen LogP contribution in [-0.2, 0) is 22.3 Å². The van der Waals surface area contributed by atoms with Gasteiger partial charge in [-0.3, -0.25) is 14.8 Å². The Kier molecular flexibility index (Phi) is 6.35. The lowest BCUT2D eigenvalue weighted by Gasteiger charge is -2.32. The molecule has 2 N–H and O–H groups in total. The fourth-order valence-electron chi connectivity index (χ4n) is 3.56. The van der Waals surface area contributed by atoms with Crippen LogP contribution in [-0.4, -0.2) is 47.8 Å². The Bertz CT molecular complexity index is 806. The summed E-state index contributed by atoms with van der Waals surface area (Å²) < 4.78 is 43.6. The van der Waals surface area contributed by atoms with Crippen LogP contribution in [0.5, 0.6) is 0 Å². The van der Waals surface area contributed by atoms with Crippen LogP contribution >= 0.6 is 0 Å². The first-order chi connectivity index (χ1) is 13.4. The average molecular weight is 396 g/mol. The summed E-state index contributed by atoms with van der Waals surface area (Å²) >= 11 is 0. The first kappa shape index (κ1) is 20.3. The predicted molar refractivity (Wildman–Crippen MR) is 97.8 cm³/mol. The van der Waals surface area contributed by atoms with E-state index in [4.69, 9.17) is 4.74 Å². The monoisotopic (exact) mass is 396 g/mol. The van der Waals surface area contributed by atoms with Gasteiger partial charge < -0.3 is 10.1 Å². The maximum absolute atomic E-state index is 12.9. The number of likely N-dealkylation sites (tertiary alicyclic amines) is 1. The Hall–Kier alpha value is -2.39. The SMILES string of the molecule is COCC(=O)Nc1cn[nH]c1[C@@H]1CCCN(Cc2cccc(C(F)(F)F)c2)C1. The molecule has 1 saturated heterocycles. The number of piperidine rings is 1. The van der Waals surface area contributed by atoms with E-state index in [1.54, 1.807) is 12.3 Å². The van der Waals surface area contributed by atoms with Crippen LogP contribution in [0.2, 0.25) is 0 Å². The van der Waals surface area contributed by atoms with Gasteiger partial charge in [0.15, 0.2) is 0 Å². The normalized spacial score (nSPS) is 18.2. The number of rotatable bonds is 6. The maximum Gasteiger partial charge on any atom is 0.416 e. The second kappa shape index (κ2) is 8.74. The third kappa shape index (κ3) is 5.11. The van der Waals surface area contributed by atoms with Gasteiger partial charge in [0.25, 0.3) is 0 Å². The van der Waals surface area contributed by atoms with Crippen molar-refractivity contribution in [3.05, 3.63) is 47.3 Å². The van der Waals surface area contributed by atoms with Crippen LogP contribution in [0.15, 0.2) is 30.5 Å². The number of carbonyl (C=O) groups excluding carboxylic acids is 1. The van der Waals surface area contributed by atoms with Crippen LogP contribution in [0.1, 0.15) is 35.6 Å². The molecule has 3 rings (SSSR count). The molecule has 9 heteroatoms. The van der Waals surface area contributed by atoms with E-state index in [1.807, 2.05) is 0 Å². The minimum Gasteiger partial charge on any atom is -0.375 e. The van der Waals surface area contributed by atoms with Crippen molar-refractivity contribution in [1.29, 1.82) is 0 Å². The highest BCUT2D eigenvalue weighted by Crippen LogP contribution is 2.32. The van der Waals surface area contributed by atoms with Crippen molar-refractivity contribution in [2.45, 2.75) is 31.5 Å². The molecule has 1 aliphatic heterocycles. The van der Waals surface area contributed by atoms with E-state index in [0.717, 1.165) is 31.1 Å². The minimum atomic E-state index is -4.34. The Morgan fingerprint density at radius 1 is 1.43 bits per heavy atom. The molecule has 2 aromatic rings. The molecule has 0 unspecified atom stereocenters. The van der Waals surface area contributed by atoms with Crippen molar-refractivity contribution in [1.82, 2.24) is 15.1 Å². The number of hydrogen-bond acceptors (Lipinski definition) is 4. The van der Waals surface area contributed by atoms with Crippen molar-refractivity contribution >= 4 is 11.6 Å². The van der Waals surface area contributed by atoms with E-state index in [9.17, 15) is 18.0 Å². The highest BCUT2D eigenvalue weighted by molar-refractivity contribution is 5.92. The molecule has 1 aromatic carbocycles. The summed E-state index contributed by atoms with van der Waals surface area (Å²) in [6.45, 7) is 1.88. The van der Waals surface area contributed by atoms with Gasteiger partial charge in [-0.2, -0.15) is 18.3 Å². The Labute approximate surface area is 161 Å². The van der Waals surface area contributed by atoms with Gasteiger partial charge in [-0.1, -0.05) is 18.2 Å². The zero-order chi connectivity index (χ0) is 20.1. The van der Waals surface area contributed by atoms with E-state index in [-0.39, 0.29) is 18.4 Å². The van der Waals surface area contributed by atoms with Crippen molar-refractivity contribution in [2.75, 3.05) is 32.1 Å². The molecule has 152 valence electrons. The van der Waals surface area contributed by atoms with Crippen molar-refractivity contribution in [3.8, 4) is 0 Å². The van der Waals surface area contributed by atoms with Crippen molar-refractivity contribution in [2.24, 2.45) is 0 Å². The molecule has 2 heterocycles. The number of methoxy groups -OCH3 is 1. The molecule has 6 nitrogen and oxygen atoms in total. The third-order valence-corrected chi connectivity index (χ3v) is 4.79. The largest absolute Gasteiger partial charge is 0.416 e. The third-order valence-electron chi connectivity index (χ3n) is 4.79. The molecule has 0 saturated carbocycles. The lowest BCUT2D eigenvalue weighted by atomic mass is 9.93. The van der Waals surface area contributed by atoms with Gasteiger partial charge in [-0.25, -0.2) is 0 Å². The smallest absolute Gasteiger partial charge is 0.375 e. The Morgan fingerprint density at radius 3 is 3.00 bits per heavy atom. The first-order valence-corrected chi connectivity index (χ1v) is 9.07. The van der Waals surface area contributed by atoms with E-state index in [0.29, 0.717) is 24.3 Å². The molecule has 28 heavy (non-hydrogen) atoms. The number of nitrogens with one attached hydrogen (secondary N) is 2. The van der Waals surface area contributed by atoms with Crippen LogP contribution in [0.4, 0.5) is 18.9 Å². The topological polar surface area (TPSA) is 70.2 Å². The molecule has 0 radical (unpaired) electrons. The molecule has 0 spiro atoms. The summed E-state index contributed by atoms with van der Waals surface area (Å²) in [6.07, 6.45) is -0.956. The molecule has 1 aliphatic rings. The average Bonchev–Trinajstić information content (AvgIpc) is 3.10. The lowest BCUT2D eigenvalue weighted by Crippen LogP contribution is -2.34. The second-order valence-corrected chi connectivity index (χ2v) is 6.95. The molecule has 0 bridgehead atoms. The quantitative estimate of drug-likeness (QED) is 0.785. The number of ether oxygens (including phenoxy) is 1. The standard InChI is InChI=1S/C19H23F3N4O2/c1-28-12-17(27)24-16-9-23-25-18(16)14-5-3-7-26(11-14)10-13-4-2-6-15(8-13)19(20,21)22/h2,4,6,8-9,14H,3,5,7,10-12H2,1H3,(H,23,25)(H,24,27)/t14-/m1/s1. The minimum absolute atomic E-state index is 0.0447. The number of carbonyl (C=O) groups is 1. The molecule has 1 atom stereocenters. The Morgan fingerprint density at radius 2 is 2.25 bits per heavy atom. The van der Waals surface area contributed by atoms with E-state index in [1.165, 1.54) is 19.2 Å². The van der Waals surface area contributed by atoms with E-state index >= 15 is 0 Å². The zero-order valence-electron chi connectivity index (χ0n) is 15.6. The van der Waals surface area contributed by atoms with Gasteiger partial charge in [-0.15, -0.1) is 0 Å². The molecule has 1 amide bonds. The van der Waals surface area contributed by atoms with Gasteiger partial charge in [0.05, 0.1) is 23.1 Å². The number of aromatic amines is 1. The summed E-state index contributed by atoms with van der Waals surface area (Å²) in [5.74, 6) is -0.151. The van der Waals surface area contributed by atoms with Crippen LogP contribution in [0, 0.1) is 0 Å². The maximum atomic E-state index is 12.9. The number of nitrogens with zero attached hydrogens (tertiary/aromatic N) is 2. The highest BCUT2D eigenvalue weighted by Gasteiger charge is 2.31. The fraction of sp³-hybridized carbons (Fsp3) is 0.474. The number of benzene rings is 1. The van der Waals surface area contributed by atoms with Gasteiger partial charge >= 0.3 is 6.18 Å². The number of aromatic nitrogens is 2. The molecule has 1 aromatic heterocycles. The van der Waals surface area contributed by atoms with E-state index < -0.39 is 11.7 Å². The van der Waals surface area contributed by atoms with Crippen molar-refractivity contribution in [3.63, 3.8) is 0 Å². The summed E-state index contributed by atoms with van der Waals surface area (Å²) in [4.78, 5) is 13.9. The van der Waals surface area contributed by atoms with Crippen LogP contribution < -0.4 is 5.32 Å². The highest BCUT2D eigenvalue weighted by atomic mass is 19.4. The number of H-pyrrole nitrogens is 1. The van der Waals surface area contributed by atoms with Gasteiger partial charge in [-0.05, 0) is 31.0 Å². The predicted octanol–water partition coefficient (Wildman–Crippen LogP) is 3.39. The summed E-state index contributed by atoms with van der Waals surface area (Å²) in [7, 11) is 1.45. The van der Waals surface area contributed by atoms with Crippen molar-refractivity contribution < 1.29 is 22.7 Å². The Balaban J connectivity index is 1.67. The van der Waals surface area contributed by atoms with Crippen LogP contribution in [0.3, 0.4) is 0 Å².